The smallest absolute Gasteiger partial charge is 0.253 e. The molecule has 0 aliphatic carbocycles. The number of anilines is 2. The normalized spacial score (nSPS) is 13.8. The molecular weight excluding hydrogens is 448 g/mol. The molecule has 3 aromatic rings. The van der Waals surface area contributed by atoms with Crippen molar-refractivity contribution >= 4 is 23.2 Å². The zero-order valence-corrected chi connectivity index (χ0v) is 21.0. The monoisotopic (exact) mass is 480 g/mol. The third-order valence-corrected chi connectivity index (χ3v) is 6.51. The van der Waals surface area contributed by atoms with Crippen LogP contribution in [0.3, 0.4) is 0 Å². The van der Waals surface area contributed by atoms with E-state index in [4.69, 9.17) is 6.42 Å². The van der Waals surface area contributed by atoms with E-state index < -0.39 is 0 Å². The largest absolute Gasteiger partial charge is 0.354 e. The number of nitrogens with one attached hydrogen (secondary N) is 2. The second-order valence-corrected chi connectivity index (χ2v) is 9.58. The Bertz CT molecular complexity index is 1280. The molecule has 0 radical (unpaired) electrons. The first-order valence-electron chi connectivity index (χ1n) is 12.3. The highest BCUT2D eigenvalue weighted by atomic mass is 16.2. The number of hydrogen-bond acceptors (Lipinski definition) is 4. The van der Waals surface area contributed by atoms with E-state index in [0.717, 1.165) is 29.7 Å². The predicted octanol–water partition coefficient (Wildman–Crippen LogP) is 5.27. The van der Waals surface area contributed by atoms with Crippen LogP contribution in [0.2, 0.25) is 0 Å². The third-order valence-electron chi connectivity index (χ3n) is 6.51. The summed E-state index contributed by atoms with van der Waals surface area (Å²) in [5.74, 6) is 2.95. The van der Waals surface area contributed by atoms with E-state index in [0.29, 0.717) is 35.8 Å². The molecule has 4 rings (SSSR count). The first-order chi connectivity index (χ1) is 17.3. The van der Waals surface area contributed by atoms with Crippen molar-refractivity contribution in [2.45, 2.75) is 45.6 Å². The average Bonchev–Trinajstić information content (AvgIpc) is 2.89. The number of pyridine rings is 1. The lowest BCUT2D eigenvalue weighted by molar-refractivity contribution is 0.0713. The molecule has 1 aliphatic rings. The van der Waals surface area contributed by atoms with E-state index in [1.54, 1.807) is 18.5 Å². The van der Waals surface area contributed by atoms with Crippen molar-refractivity contribution in [3.63, 3.8) is 0 Å². The van der Waals surface area contributed by atoms with Gasteiger partial charge in [-0.2, -0.15) is 0 Å². The molecular formula is C30H32N4O2. The molecule has 0 atom stereocenters. The lowest BCUT2D eigenvalue weighted by Gasteiger charge is -2.32. The van der Waals surface area contributed by atoms with Crippen molar-refractivity contribution in [2.24, 2.45) is 0 Å². The van der Waals surface area contributed by atoms with Gasteiger partial charge in [0.2, 0.25) is 0 Å². The molecule has 2 amide bonds. The van der Waals surface area contributed by atoms with E-state index in [2.05, 4.69) is 33.7 Å². The molecule has 2 N–H and O–H groups in total. The van der Waals surface area contributed by atoms with E-state index >= 15 is 0 Å². The van der Waals surface area contributed by atoms with Crippen LogP contribution in [0.15, 0.2) is 60.9 Å². The summed E-state index contributed by atoms with van der Waals surface area (Å²) in [6.45, 7) is 7.25. The Labute approximate surface area is 213 Å². The minimum atomic E-state index is -0.169. The summed E-state index contributed by atoms with van der Waals surface area (Å²) < 4.78 is 0. The van der Waals surface area contributed by atoms with Crippen LogP contribution >= 0.6 is 0 Å². The number of benzene rings is 2. The number of amides is 2. The fourth-order valence-electron chi connectivity index (χ4n) is 4.47. The van der Waals surface area contributed by atoms with Gasteiger partial charge in [0, 0.05) is 42.1 Å². The number of terminal acetylenes is 1. The maximum absolute atomic E-state index is 13.3. The van der Waals surface area contributed by atoms with Gasteiger partial charge in [-0.05, 0) is 81.0 Å². The molecule has 36 heavy (non-hydrogen) atoms. The number of aryl methyl sites for hydroxylation is 1. The Kier molecular flexibility index (Phi) is 7.70. The second-order valence-electron chi connectivity index (χ2n) is 9.58. The lowest BCUT2D eigenvalue weighted by atomic mass is 9.89. The fourth-order valence-corrected chi connectivity index (χ4v) is 4.47. The Hall–Kier alpha value is -4.11. The molecule has 2 heterocycles. The summed E-state index contributed by atoms with van der Waals surface area (Å²) >= 11 is 0. The zero-order valence-electron chi connectivity index (χ0n) is 21.0. The molecule has 0 bridgehead atoms. The van der Waals surface area contributed by atoms with Crippen LogP contribution in [0.1, 0.15) is 70.0 Å². The highest BCUT2D eigenvalue weighted by Gasteiger charge is 2.25. The van der Waals surface area contributed by atoms with Crippen molar-refractivity contribution in [3.8, 4) is 12.3 Å². The molecule has 184 valence electrons. The number of nitrogens with zero attached hydrogens (tertiary/aromatic N) is 2. The Morgan fingerprint density at radius 3 is 2.42 bits per heavy atom. The highest BCUT2D eigenvalue weighted by Crippen LogP contribution is 2.30. The minimum absolute atomic E-state index is 0.0300. The van der Waals surface area contributed by atoms with Gasteiger partial charge in [0.05, 0.1) is 17.4 Å². The molecule has 0 saturated carbocycles. The van der Waals surface area contributed by atoms with Crippen LogP contribution < -0.4 is 10.6 Å². The van der Waals surface area contributed by atoms with Gasteiger partial charge in [-0.15, -0.1) is 6.42 Å². The Morgan fingerprint density at radius 2 is 1.75 bits per heavy atom. The standard InChI is InChI=1S/C30H32N4O2/c1-5-22-7-10-23(11-8-22)24-12-14-34(15-13-24)30(36)25-9-6-21(4)28(17-25)33-27-16-26(18-31-19-27)29(35)32-20(2)3/h1,6-11,16-20,24,33H,12-15H2,2-4H3,(H,32,35). The molecule has 1 aliphatic heterocycles. The molecule has 1 aromatic heterocycles. The van der Waals surface area contributed by atoms with Crippen LogP contribution in [0.4, 0.5) is 11.4 Å². The molecule has 0 spiro atoms. The number of carbonyl (C=O) groups excluding carboxylic acids is 2. The van der Waals surface area contributed by atoms with Gasteiger partial charge in [-0.1, -0.05) is 24.1 Å². The van der Waals surface area contributed by atoms with E-state index in [9.17, 15) is 9.59 Å². The quantitative estimate of drug-likeness (QED) is 0.471. The summed E-state index contributed by atoms with van der Waals surface area (Å²) in [5.41, 5.74) is 5.79. The van der Waals surface area contributed by atoms with Crippen LogP contribution in [-0.4, -0.2) is 40.8 Å². The fraction of sp³-hybridized carbons (Fsp3) is 0.300. The highest BCUT2D eigenvalue weighted by molar-refractivity contribution is 5.96. The van der Waals surface area contributed by atoms with Gasteiger partial charge in [-0.3, -0.25) is 14.6 Å². The van der Waals surface area contributed by atoms with Crippen LogP contribution in [0.25, 0.3) is 0 Å². The first-order valence-corrected chi connectivity index (χ1v) is 12.3. The van der Waals surface area contributed by atoms with Crippen molar-refractivity contribution in [1.82, 2.24) is 15.2 Å². The van der Waals surface area contributed by atoms with Crippen LogP contribution in [-0.2, 0) is 0 Å². The van der Waals surface area contributed by atoms with Gasteiger partial charge in [0.25, 0.3) is 11.8 Å². The number of piperidine rings is 1. The predicted molar refractivity (Wildman–Crippen MR) is 144 cm³/mol. The lowest BCUT2D eigenvalue weighted by Crippen LogP contribution is -2.37. The molecule has 6 nitrogen and oxygen atoms in total. The first kappa shape index (κ1) is 25.0. The van der Waals surface area contributed by atoms with Crippen molar-refractivity contribution in [2.75, 3.05) is 18.4 Å². The number of hydrogen-bond donors (Lipinski definition) is 2. The number of aromatic nitrogens is 1. The molecule has 6 heteroatoms. The van der Waals surface area contributed by atoms with E-state index in [-0.39, 0.29) is 17.9 Å². The summed E-state index contributed by atoms with van der Waals surface area (Å²) in [4.78, 5) is 31.8. The molecule has 1 fully saturated rings. The van der Waals surface area contributed by atoms with E-state index in [1.165, 1.54) is 5.56 Å². The zero-order chi connectivity index (χ0) is 25.7. The van der Waals surface area contributed by atoms with Crippen molar-refractivity contribution < 1.29 is 9.59 Å². The van der Waals surface area contributed by atoms with E-state index in [1.807, 2.05) is 56.0 Å². The third kappa shape index (κ3) is 5.92. The molecule has 1 saturated heterocycles. The average molecular weight is 481 g/mol. The maximum atomic E-state index is 13.3. The Morgan fingerprint density at radius 1 is 1.03 bits per heavy atom. The van der Waals surface area contributed by atoms with Gasteiger partial charge < -0.3 is 15.5 Å². The number of rotatable bonds is 6. The Balaban J connectivity index is 1.43. The van der Waals surface area contributed by atoms with Gasteiger partial charge in [0.1, 0.15) is 0 Å². The topological polar surface area (TPSA) is 74.3 Å². The van der Waals surface area contributed by atoms with Gasteiger partial charge in [-0.25, -0.2) is 0 Å². The number of likely N-dealkylation sites (tertiary alicyclic amines) is 1. The summed E-state index contributed by atoms with van der Waals surface area (Å²) in [5, 5.41) is 6.21. The SMILES string of the molecule is C#Cc1ccc(C2CCN(C(=O)c3ccc(C)c(Nc4cncc(C(=O)NC(C)C)c4)c3)CC2)cc1. The van der Waals surface area contributed by atoms with Crippen LogP contribution in [0.5, 0.6) is 0 Å². The second kappa shape index (κ2) is 11.1. The minimum Gasteiger partial charge on any atom is -0.354 e. The van der Waals surface area contributed by atoms with Gasteiger partial charge >= 0.3 is 0 Å². The van der Waals surface area contributed by atoms with Crippen molar-refractivity contribution in [3.05, 3.63) is 88.7 Å². The molecule has 2 aromatic carbocycles. The van der Waals surface area contributed by atoms with Gasteiger partial charge in [0.15, 0.2) is 0 Å². The maximum Gasteiger partial charge on any atom is 0.253 e. The number of carbonyl (C=O) groups is 2. The summed E-state index contributed by atoms with van der Waals surface area (Å²) in [6, 6.07) is 15.7. The van der Waals surface area contributed by atoms with Crippen molar-refractivity contribution in [1.29, 1.82) is 0 Å². The summed E-state index contributed by atoms with van der Waals surface area (Å²) in [6.07, 6.45) is 10.5. The molecule has 0 unspecified atom stereocenters. The summed E-state index contributed by atoms with van der Waals surface area (Å²) in [7, 11) is 0. The van der Waals surface area contributed by atoms with Crippen LogP contribution in [0, 0.1) is 19.3 Å².